The molecule has 0 atom stereocenters. The lowest BCUT2D eigenvalue weighted by molar-refractivity contribution is -0.119. The number of hydrogen-bond acceptors (Lipinski definition) is 5. The predicted octanol–water partition coefficient (Wildman–Crippen LogP) is 3.45. The summed E-state index contributed by atoms with van der Waals surface area (Å²) in [5.41, 5.74) is 7.47. The Hall–Kier alpha value is -2.34. The molecule has 0 aliphatic heterocycles. The second-order valence-electron chi connectivity index (χ2n) is 5.95. The van der Waals surface area contributed by atoms with E-state index in [-0.39, 0.29) is 17.6 Å². The highest BCUT2D eigenvalue weighted by atomic mass is 35.5. The van der Waals surface area contributed by atoms with Crippen LogP contribution in [0.15, 0.2) is 30.6 Å². The molecule has 0 unspecified atom stereocenters. The van der Waals surface area contributed by atoms with Crippen LogP contribution in [-0.2, 0) is 11.3 Å². The standard InChI is InChI=1S/C17H20ClN5O/c18-14-15(19)21-10-22-16(14)20-9-11-4-3-7-13(8-11)23-17(24)12-5-1-2-6-12/h3-4,7-8,10,12H,1-2,5-6,9H2,(H,23,24)(H3,19,20,21,22). The molecule has 7 heteroatoms. The van der Waals surface area contributed by atoms with Gasteiger partial charge in [0.25, 0.3) is 0 Å². The summed E-state index contributed by atoms with van der Waals surface area (Å²) in [6, 6.07) is 7.72. The molecular formula is C17H20ClN5O. The Morgan fingerprint density at radius 2 is 2.08 bits per heavy atom. The van der Waals surface area contributed by atoms with Crippen LogP contribution >= 0.6 is 11.6 Å². The van der Waals surface area contributed by atoms with Crippen molar-refractivity contribution < 1.29 is 4.79 Å². The van der Waals surface area contributed by atoms with E-state index in [1.807, 2.05) is 24.3 Å². The molecule has 0 radical (unpaired) electrons. The minimum Gasteiger partial charge on any atom is -0.382 e. The van der Waals surface area contributed by atoms with Gasteiger partial charge in [-0.05, 0) is 30.5 Å². The Morgan fingerprint density at radius 1 is 1.29 bits per heavy atom. The van der Waals surface area contributed by atoms with Gasteiger partial charge in [-0.15, -0.1) is 0 Å². The van der Waals surface area contributed by atoms with Crippen molar-refractivity contribution in [1.29, 1.82) is 0 Å². The molecule has 1 heterocycles. The molecule has 2 aromatic rings. The molecule has 0 spiro atoms. The first kappa shape index (κ1) is 16.5. The first-order valence-corrected chi connectivity index (χ1v) is 8.41. The van der Waals surface area contributed by atoms with E-state index < -0.39 is 0 Å². The van der Waals surface area contributed by atoms with Crippen molar-refractivity contribution in [1.82, 2.24) is 9.97 Å². The van der Waals surface area contributed by atoms with Crippen molar-refractivity contribution in [3.05, 3.63) is 41.2 Å². The third-order valence-corrected chi connectivity index (χ3v) is 4.57. The average molecular weight is 346 g/mol. The van der Waals surface area contributed by atoms with Crippen LogP contribution in [0.4, 0.5) is 17.3 Å². The predicted molar refractivity (Wildman–Crippen MR) is 95.8 cm³/mol. The van der Waals surface area contributed by atoms with Crippen LogP contribution in [0.5, 0.6) is 0 Å². The average Bonchev–Trinajstić information content (AvgIpc) is 3.11. The normalized spacial score (nSPS) is 14.5. The minimum atomic E-state index is 0.115. The Morgan fingerprint density at radius 3 is 2.88 bits per heavy atom. The summed E-state index contributed by atoms with van der Waals surface area (Å²) in [7, 11) is 0. The van der Waals surface area contributed by atoms with Crippen molar-refractivity contribution in [2.75, 3.05) is 16.4 Å². The molecule has 4 N–H and O–H groups in total. The van der Waals surface area contributed by atoms with Crippen LogP contribution in [0.1, 0.15) is 31.2 Å². The molecule has 0 bridgehead atoms. The van der Waals surface area contributed by atoms with Crippen LogP contribution in [0.3, 0.4) is 0 Å². The van der Waals surface area contributed by atoms with Crippen molar-refractivity contribution in [2.45, 2.75) is 32.2 Å². The number of anilines is 3. The molecule has 24 heavy (non-hydrogen) atoms. The lowest BCUT2D eigenvalue weighted by Crippen LogP contribution is -2.20. The fourth-order valence-corrected chi connectivity index (χ4v) is 3.05. The van der Waals surface area contributed by atoms with Crippen molar-refractivity contribution in [3.8, 4) is 0 Å². The van der Waals surface area contributed by atoms with Gasteiger partial charge in [-0.1, -0.05) is 36.6 Å². The maximum absolute atomic E-state index is 12.2. The van der Waals surface area contributed by atoms with Gasteiger partial charge < -0.3 is 16.4 Å². The smallest absolute Gasteiger partial charge is 0.227 e. The number of nitrogens with two attached hydrogens (primary N) is 1. The molecule has 1 saturated carbocycles. The van der Waals surface area contributed by atoms with Crippen LogP contribution in [0.25, 0.3) is 0 Å². The van der Waals surface area contributed by atoms with Crippen LogP contribution in [0, 0.1) is 5.92 Å². The van der Waals surface area contributed by atoms with Crippen molar-refractivity contribution >= 4 is 34.8 Å². The van der Waals surface area contributed by atoms with E-state index in [4.69, 9.17) is 17.3 Å². The van der Waals surface area contributed by atoms with Gasteiger partial charge in [-0.25, -0.2) is 9.97 Å². The van der Waals surface area contributed by atoms with Crippen molar-refractivity contribution in [3.63, 3.8) is 0 Å². The fraction of sp³-hybridized carbons (Fsp3) is 0.353. The maximum atomic E-state index is 12.2. The highest BCUT2D eigenvalue weighted by Gasteiger charge is 2.22. The molecular weight excluding hydrogens is 326 g/mol. The molecule has 1 aromatic heterocycles. The number of rotatable bonds is 5. The molecule has 0 saturated heterocycles. The quantitative estimate of drug-likeness (QED) is 0.771. The number of benzene rings is 1. The summed E-state index contributed by atoms with van der Waals surface area (Å²) in [4.78, 5) is 20.1. The van der Waals surface area contributed by atoms with Crippen molar-refractivity contribution in [2.24, 2.45) is 5.92 Å². The maximum Gasteiger partial charge on any atom is 0.227 e. The zero-order valence-corrected chi connectivity index (χ0v) is 14.0. The molecule has 1 aromatic carbocycles. The Balaban J connectivity index is 1.62. The SMILES string of the molecule is Nc1ncnc(NCc2cccc(NC(=O)C3CCCC3)c2)c1Cl. The summed E-state index contributed by atoms with van der Waals surface area (Å²) in [5, 5.41) is 6.44. The number of nitrogens with zero attached hydrogens (tertiary/aromatic N) is 2. The molecule has 1 aliphatic rings. The zero-order valence-electron chi connectivity index (χ0n) is 13.3. The topological polar surface area (TPSA) is 92.9 Å². The number of halogens is 1. The summed E-state index contributed by atoms with van der Waals surface area (Å²) < 4.78 is 0. The van der Waals surface area contributed by atoms with Gasteiger partial charge in [-0.3, -0.25) is 4.79 Å². The second-order valence-corrected chi connectivity index (χ2v) is 6.32. The first-order valence-electron chi connectivity index (χ1n) is 8.03. The molecule has 1 aliphatic carbocycles. The number of hydrogen-bond donors (Lipinski definition) is 3. The van der Waals surface area contributed by atoms with E-state index in [9.17, 15) is 4.79 Å². The molecule has 126 valence electrons. The lowest BCUT2D eigenvalue weighted by Gasteiger charge is -2.12. The van der Waals surface area contributed by atoms with E-state index in [1.54, 1.807) is 0 Å². The largest absolute Gasteiger partial charge is 0.382 e. The highest BCUT2D eigenvalue weighted by Crippen LogP contribution is 2.26. The minimum absolute atomic E-state index is 0.115. The molecule has 3 rings (SSSR count). The monoisotopic (exact) mass is 345 g/mol. The molecule has 1 fully saturated rings. The summed E-state index contributed by atoms with van der Waals surface area (Å²) in [6.45, 7) is 0.517. The Labute approximate surface area is 145 Å². The fourth-order valence-electron chi connectivity index (χ4n) is 2.88. The van der Waals surface area contributed by atoms with Gasteiger partial charge in [-0.2, -0.15) is 0 Å². The number of carbonyl (C=O) groups excluding carboxylic acids is 1. The molecule has 1 amide bonds. The van der Waals surface area contributed by atoms with Crippen LogP contribution in [-0.4, -0.2) is 15.9 Å². The van der Waals surface area contributed by atoms with Gasteiger partial charge >= 0.3 is 0 Å². The van der Waals surface area contributed by atoms with E-state index >= 15 is 0 Å². The van der Waals surface area contributed by atoms with Crippen LogP contribution < -0.4 is 16.4 Å². The van der Waals surface area contributed by atoms with E-state index in [0.29, 0.717) is 17.4 Å². The first-order chi connectivity index (χ1) is 11.6. The third-order valence-electron chi connectivity index (χ3n) is 4.20. The summed E-state index contributed by atoms with van der Waals surface area (Å²) in [6.07, 6.45) is 5.62. The number of nitrogen functional groups attached to an aromatic ring is 1. The van der Waals surface area contributed by atoms with E-state index in [1.165, 1.54) is 6.33 Å². The number of carbonyl (C=O) groups is 1. The number of aromatic nitrogens is 2. The number of nitrogens with one attached hydrogen (secondary N) is 2. The number of amides is 1. The van der Waals surface area contributed by atoms with E-state index in [2.05, 4.69) is 20.6 Å². The summed E-state index contributed by atoms with van der Waals surface area (Å²) >= 11 is 6.06. The van der Waals surface area contributed by atoms with Gasteiger partial charge in [0.05, 0.1) is 0 Å². The van der Waals surface area contributed by atoms with Gasteiger partial charge in [0.1, 0.15) is 17.2 Å². The highest BCUT2D eigenvalue weighted by molar-refractivity contribution is 6.35. The van der Waals surface area contributed by atoms with Gasteiger partial charge in [0, 0.05) is 18.2 Å². The lowest BCUT2D eigenvalue weighted by atomic mass is 10.1. The van der Waals surface area contributed by atoms with E-state index in [0.717, 1.165) is 36.9 Å². The Kier molecular flexibility index (Phi) is 5.15. The Bertz CT molecular complexity index is 731. The van der Waals surface area contributed by atoms with Gasteiger partial charge in [0.2, 0.25) is 5.91 Å². The van der Waals surface area contributed by atoms with Crippen LogP contribution in [0.2, 0.25) is 5.02 Å². The summed E-state index contributed by atoms with van der Waals surface area (Å²) in [5.74, 6) is 0.995. The third kappa shape index (κ3) is 3.94. The zero-order chi connectivity index (χ0) is 16.9. The van der Waals surface area contributed by atoms with Gasteiger partial charge in [0.15, 0.2) is 5.82 Å². The second kappa shape index (κ2) is 7.49. The molecule has 6 nitrogen and oxygen atoms in total.